The maximum Gasteiger partial charge on any atom is 0.308 e. The molecule has 0 bridgehead atoms. The number of rotatable bonds is 5. The molecule has 0 aromatic carbocycles. The number of esters is 1. The van der Waals surface area contributed by atoms with Gasteiger partial charge in [-0.3, -0.25) is 9.59 Å². The van der Waals surface area contributed by atoms with Gasteiger partial charge in [-0.25, -0.2) is 0 Å². The quantitative estimate of drug-likeness (QED) is 0.544. The van der Waals surface area contributed by atoms with Crippen LogP contribution in [0, 0.1) is 0 Å². The first-order valence-corrected chi connectivity index (χ1v) is 6.23. The summed E-state index contributed by atoms with van der Waals surface area (Å²) in [5, 5.41) is 0. The van der Waals surface area contributed by atoms with Crippen LogP contribution in [-0.4, -0.2) is 55.6 Å². The van der Waals surface area contributed by atoms with Crippen molar-refractivity contribution in [3.8, 4) is 0 Å². The minimum absolute atomic E-state index is 0.0730. The highest BCUT2D eigenvalue weighted by Crippen LogP contribution is 2.11. The fourth-order valence-electron chi connectivity index (χ4n) is 1.71. The fourth-order valence-corrected chi connectivity index (χ4v) is 1.85. The zero-order chi connectivity index (χ0) is 12.7. The van der Waals surface area contributed by atoms with Crippen molar-refractivity contribution in [1.82, 2.24) is 4.90 Å². The van der Waals surface area contributed by atoms with E-state index in [-0.39, 0.29) is 24.4 Å². The molecule has 1 saturated heterocycles. The molecule has 1 rings (SSSR count). The van der Waals surface area contributed by atoms with E-state index < -0.39 is 0 Å². The van der Waals surface area contributed by atoms with Gasteiger partial charge < -0.3 is 14.4 Å². The number of carbonyl (C=O) groups excluding carboxylic acids is 2. The third-order valence-corrected chi connectivity index (χ3v) is 2.91. The number of alkyl halides is 1. The maximum absolute atomic E-state index is 11.8. The van der Waals surface area contributed by atoms with Gasteiger partial charge in [-0.1, -0.05) is 0 Å². The summed E-state index contributed by atoms with van der Waals surface area (Å²) in [6, 6.07) is 0. The van der Waals surface area contributed by atoms with Crippen LogP contribution in [0.2, 0.25) is 0 Å². The molecule has 0 N–H and O–H groups in total. The minimum Gasteiger partial charge on any atom is -0.469 e. The Balaban J connectivity index is 2.37. The van der Waals surface area contributed by atoms with Crippen LogP contribution >= 0.6 is 11.6 Å². The summed E-state index contributed by atoms with van der Waals surface area (Å²) < 4.78 is 9.99. The zero-order valence-electron chi connectivity index (χ0n) is 9.99. The van der Waals surface area contributed by atoms with Crippen molar-refractivity contribution in [2.75, 3.05) is 32.7 Å². The van der Waals surface area contributed by atoms with Crippen LogP contribution in [0.5, 0.6) is 0 Å². The first kappa shape index (κ1) is 14.3. The maximum atomic E-state index is 11.8. The van der Waals surface area contributed by atoms with Gasteiger partial charge in [0.25, 0.3) is 0 Å². The topological polar surface area (TPSA) is 55.8 Å². The molecule has 1 fully saturated rings. The first-order valence-electron chi connectivity index (χ1n) is 5.69. The molecule has 1 aliphatic rings. The van der Waals surface area contributed by atoms with E-state index in [4.69, 9.17) is 16.3 Å². The van der Waals surface area contributed by atoms with E-state index in [9.17, 15) is 9.59 Å². The van der Waals surface area contributed by atoms with Crippen LogP contribution in [0.25, 0.3) is 0 Å². The molecular weight excluding hydrogens is 246 g/mol. The molecular formula is C11H18ClNO4. The van der Waals surface area contributed by atoms with E-state index in [1.807, 2.05) is 0 Å². The molecule has 17 heavy (non-hydrogen) atoms. The number of hydrogen-bond acceptors (Lipinski definition) is 4. The highest BCUT2D eigenvalue weighted by atomic mass is 35.5. The third kappa shape index (κ3) is 4.91. The molecule has 0 radical (unpaired) electrons. The Morgan fingerprint density at radius 3 is 2.94 bits per heavy atom. The third-order valence-electron chi connectivity index (χ3n) is 2.64. The number of methoxy groups -OCH3 is 1. The van der Waals surface area contributed by atoms with Gasteiger partial charge >= 0.3 is 5.97 Å². The van der Waals surface area contributed by atoms with Crippen molar-refractivity contribution in [2.45, 2.75) is 25.4 Å². The molecule has 1 atom stereocenters. The molecule has 0 aliphatic carbocycles. The van der Waals surface area contributed by atoms with Crippen molar-refractivity contribution in [3.63, 3.8) is 0 Å². The lowest BCUT2D eigenvalue weighted by Crippen LogP contribution is -2.46. The van der Waals surface area contributed by atoms with Crippen LogP contribution in [0.3, 0.4) is 0 Å². The second kappa shape index (κ2) is 7.50. The second-order valence-electron chi connectivity index (χ2n) is 3.91. The predicted octanol–water partition coefficient (Wildman–Crippen LogP) is 0.796. The summed E-state index contributed by atoms with van der Waals surface area (Å²) in [5.74, 6) is 0.246. The van der Waals surface area contributed by atoms with E-state index >= 15 is 0 Å². The lowest BCUT2D eigenvalue weighted by Gasteiger charge is -2.32. The number of morpholine rings is 1. The standard InChI is InChI=1S/C11H18ClNO4/c1-16-11(15)7-9-8-13(5-6-17-9)10(14)3-2-4-12/h9H,2-8H2,1H3. The SMILES string of the molecule is COC(=O)CC1CN(C(=O)CCCCl)CCO1. The predicted molar refractivity (Wildman–Crippen MR) is 62.9 cm³/mol. The Kier molecular flexibility index (Phi) is 6.29. The van der Waals surface area contributed by atoms with Gasteiger partial charge in [0.2, 0.25) is 5.91 Å². The molecule has 0 spiro atoms. The van der Waals surface area contributed by atoms with Gasteiger partial charge in [-0.2, -0.15) is 0 Å². The Bertz CT molecular complexity index is 272. The number of halogens is 1. The molecule has 1 heterocycles. The van der Waals surface area contributed by atoms with Crippen molar-refractivity contribution in [2.24, 2.45) is 0 Å². The number of amides is 1. The summed E-state index contributed by atoms with van der Waals surface area (Å²) in [7, 11) is 1.34. The summed E-state index contributed by atoms with van der Waals surface area (Å²) >= 11 is 5.54. The molecule has 1 amide bonds. The number of nitrogens with zero attached hydrogens (tertiary/aromatic N) is 1. The Morgan fingerprint density at radius 2 is 2.29 bits per heavy atom. The van der Waals surface area contributed by atoms with E-state index in [0.717, 1.165) is 0 Å². The Labute approximate surface area is 106 Å². The zero-order valence-corrected chi connectivity index (χ0v) is 10.7. The van der Waals surface area contributed by atoms with Gasteiger partial charge in [-0.05, 0) is 6.42 Å². The van der Waals surface area contributed by atoms with Gasteiger partial charge in [0.1, 0.15) is 0 Å². The molecule has 98 valence electrons. The van der Waals surface area contributed by atoms with Crippen LogP contribution in [-0.2, 0) is 19.1 Å². The van der Waals surface area contributed by atoms with E-state index in [1.54, 1.807) is 4.90 Å². The van der Waals surface area contributed by atoms with Gasteiger partial charge in [0.15, 0.2) is 0 Å². The summed E-state index contributed by atoms with van der Waals surface area (Å²) in [5.41, 5.74) is 0. The van der Waals surface area contributed by atoms with Crippen molar-refractivity contribution in [1.29, 1.82) is 0 Å². The molecule has 0 aromatic rings. The Morgan fingerprint density at radius 1 is 1.53 bits per heavy atom. The molecule has 6 heteroatoms. The molecule has 0 saturated carbocycles. The normalized spacial score (nSPS) is 20.1. The van der Waals surface area contributed by atoms with Gasteiger partial charge in [0.05, 0.1) is 26.2 Å². The fraction of sp³-hybridized carbons (Fsp3) is 0.818. The van der Waals surface area contributed by atoms with E-state index in [2.05, 4.69) is 4.74 Å². The lowest BCUT2D eigenvalue weighted by atomic mass is 10.2. The van der Waals surface area contributed by atoms with E-state index in [0.29, 0.717) is 38.4 Å². The first-order chi connectivity index (χ1) is 8.17. The highest BCUT2D eigenvalue weighted by molar-refractivity contribution is 6.17. The molecule has 5 nitrogen and oxygen atoms in total. The summed E-state index contributed by atoms with van der Waals surface area (Å²) in [4.78, 5) is 24.6. The molecule has 0 aromatic heterocycles. The lowest BCUT2D eigenvalue weighted by molar-refractivity contribution is -0.150. The van der Waals surface area contributed by atoms with Crippen LogP contribution < -0.4 is 0 Å². The number of carbonyl (C=O) groups is 2. The van der Waals surface area contributed by atoms with Gasteiger partial charge in [0, 0.05) is 25.4 Å². The monoisotopic (exact) mass is 263 g/mol. The van der Waals surface area contributed by atoms with Crippen molar-refractivity contribution < 1.29 is 19.1 Å². The molecule has 1 aliphatic heterocycles. The van der Waals surface area contributed by atoms with Crippen LogP contribution in [0.4, 0.5) is 0 Å². The average molecular weight is 264 g/mol. The molecule has 1 unspecified atom stereocenters. The number of ether oxygens (including phenoxy) is 2. The summed E-state index contributed by atoms with van der Waals surface area (Å²) in [6.07, 6.45) is 1.07. The van der Waals surface area contributed by atoms with Crippen LogP contribution in [0.1, 0.15) is 19.3 Å². The summed E-state index contributed by atoms with van der Waals surface area (Å²) in [6.45, 7) is 1.50. The number of hydrogen-bond donors (Lipinski definition) is 0. The van der Waals surface area contributed by atoms with Crippen molar-refractivity contribution in [3.05, 3.63) is 0 Å². The van der Waals surface area contributed by atoms with E-state index in [1.165, 1.54) is 7.11 Å². The largest absolute Gasteiger partial charge is 0.469 e. The van der Waals surface area contributed by atoms with Gasteiger partial charge in [-0.15, -0.1) is 11.6 Å². The van der Waals surface area contributed by atoms with Crippen LogP contribution in [0.15, 0.2) is 0 Å². The smallest absolute Gasteiger partial charge is 0.308 e. The Hall–Kier alpha value is -0.810. The highest BCUT2D eigenvalue weighted by Gasteiger charge is 2.25. The van der Waals surface area contributed by atoms with Crippen molar-refractivity contribution >= 4 is 23.5 Å². The second-order valence-corrected chi connectivity index (χ2v) is 4.28. The average Bonchev–Trinajstić information content (AvgIpc) is 2.36. The minimum atomic E-state index is -0.315.